The van der Waals surface area contributed by atoms with Crippen LogP contribution in [0.4, 0.5) is 0 Å². The molecule has 1 N–H and O–H groups in total. The quantitative estimate of drug-likeness (QED) is 0.255. The van der Waals surface area contributed by atoms with E-state index < -0.39 is 5.97 Å². The second-order valence-corrected chi connectivity index (χ2v) is 6.08. The molecule has 0 aromatic heterocycles. The van der Waals surface area contributed by atoms with E-state index in [4.69, 9.17) is 5.11 Å². The maximum Gasteiger partial charge on any atom is 0.303 e. The number of carboxylic acid groups (broad SMARTS) is 1. The van der Waals surface area contributed by atoms with Crippen LogP contribution < -0.4 is 0 Å². The van der Waals surface area contributed by atoms with Gasteiger partial charge in [-0.2, -0.15) is 0 Å². The van der Waals surface area contributed by atoms with Crippen LogP contribution in [-0.4, -0.2) is 11.1 Å². The molecule has 0 radical (unpaired) electrons. The van der Waals surface area contributed by atoms with E-state index in [1.807, 2.05) is 0 Å². The maximum atomic E-state index is 10.3. The van der Waals surface area contributed by atoms with Crippen LogP contribution in [0.2, 0.25) is 0 Å². The summed E-state index contributed by atoms with van der Waals surface area (Å²) < 4.78 is 0. The Morgan fingerprint density at radius 2 is 1.23 bits per heavy atom. The molecule has 0 bridgehead atoms. The van der Waals surface area contributed by atoms with E-state index in [2.05, 4.69) is 31.2 Å². The van der Waals surface area contributed by atoms with Crippen LogP contribution in [0.1, 0.15) is 96.8 Å². The van der Waals surface area contributed by atoms with Crippen molar-refractivity contribution in [1.82, 2.24) is 0 Å². The Bertz CT molecular complexity index is 292. The molecule has 0 aromatic rings. The van der Waals surface area contributed by atoms with Crippen LogP contribution in [0, 0.1) is 0 Å². The summed E-state index contributed by atoms with van der Waals surface area (Å²) >= 11 is 0. The molecule has 0 amide bonds. The lowest BCUT2D eigenvalue weighted by atomic mass is 10.1. The van der Waals surface area contributed by atoms with Gasteiger partial charge in [0.05, 0.1) is 0 Å². The SMILES string of the molecule is CCCCCCCC/C=C/C/C=C\CCCCCCC(=O)O. The zero-order chi connectivity index (χ0) is 16.3. The van der Waals surface area contributed by atoms with E-state index in [1.165, 1.54) is 51.4 Å². The minimum atomic E-state index is -0.673. The molecule has 128 valence electrons. The Morgan fingerprint density at radius 1 is 0.727 bits per heavy atom. The molecule has 0 fully saturated rings. The first kappa shape index (κ1) is 20.9. The minimum absolute atomic E-state index is 0.319. The van der Waals surface area contributed by atoms with E-state index in [-0.39, 0.29) is 0 Å². The highest BCUT2D eigenvalue weighted by Gasteiger charge is 1.95. The Kier molecular flexibility index (Phi) is 17.1. The van der Waals surface area contributed by atoms with Crippen molar-refractivity contribution in [2.75, 3.05) is 0 Å². The fourth-order valence-electron chi connectivity index (χ4n) is 2.44. The first-order valence-corrected chi connectivity index (χ1v) is 9.29. The monoisotopic (exact) mass is 308 g/mol. The van der Waals surface area contributed by atoms with Gasteiger partial charge in [-0.25, -0.2) is 0 Å². The van der Waals surface area contributed by atoms with Crippen molar-refractivity contribution < 1.29 is 9.90 Å². The van der Waals surface area contributed by atoms with E-state index in [9.17, 15) is 4.79 Å². The standard InChI is InChI=1S/C20H36O2/c1-2-3-4-5-6-7-8-9-10-11-12-13-14-15-16-17-18-19-20(21)22/h9-10,12-13H,2-8,11,14-19H2,1H3,(H,21,22)/b10-9+,13-12-. The first-order valence-electron chi connectivity index (χ1n) is 9.29. The number of hydrogen-bond donors (Lipinski definition) is 1. The van der Waals surface area contributed by atoms with Gasteiger partial charge in [0.25, 0.3) is 0 Å². The van der Waals surface area contributed by atoms with Gasteiger partial charge in [-0.15, -0.1) is 0 Å². The molecular formula is C20H36O2. The highest BCUT2D eigenvalue weighted by molar-refractivity contribution is 5.66. The summed E-state index contributed by atoms with van der Waals surface area (Å²) in [5, 5.41) is 8.52. The van der Waals surface area contributed by atoms with E-state index >= 15 is 0 Å². The molecule has 0 saturated carbocycles. The molecule has 0 saturated heterocycles. The fourth-order valence-corrected chi connectivity index (χ4v) is 2.44. The zero-order valence-electron chi connectivity index (χ0n) is 14.6. The summed E-state index contributed by atoms with van der Waals surface area (Å²) in [6, 6.07) is 0. The Balaban J connectivity index is 3.19. The maximum absolute atomic E-state index is 10.3. The van der Waals surface area contributed by atoms with Crippen LogP contribution in [0.5, 0.6) is 0 Å². The highest BCUT2D eigenvalue weighted by atomic mass is 16.4. The van der Waals surface area contributed by atoms with Gasteiger partial charge >= 0.3 is 5.97 Å². The molecule has 0 aliphatic heterocycles. The molecule has 0 atom stereocenters. The third kappa shape index (κ3) is 18.9. The average Bonchev–Trinajstić information content (AvgIpc) is 2.50. The van der Waals surface area contributed by atoms with Crippen molar-refractivity contribution >= 4 is 5.97 Å². The lowest BCUT2D eigenvalue weighted by Gasteiger charge is -1.97. The number of allylic oxidation sites excluding steroid dienone is 4. The van der Waals surface area contributed by atoms with Crippen molar-refractivity contribution in [2.45, 2.75) is 96.8 Å². The van der Waals surface area contributed by atoms with E-state index in [0.717, 1.165) is 32.1 Å². The predicted octanol–water partition coefficient (Wildman–Crippen LogP) is 6.66. The third-order valence-corrected chi connectivity index (χ3v) is 3.84. The van der Waals surface area contributed by atoms with Crippen LogP contribution in [0.25, 0.3) is 0 Å². The van der Waals surface area contributed by atoms with Crippen molar-refractivity contribution in [3.05, 3.63) is 24.3 Å². The molecule has 0 heterocycles. The highest BCUT2D eigenvalue weighted by Crippen LogP contribution is 2.08. The largest absolute Gasteiger partial charge is 0.481 e. The summed E-state index contributed by atoms with van der Waals surface area (Å²) in [6.07, 6.45) is 25.2. The first-order chi connectivity index (χ1) is 10.8. The van der Waals surface area contributed by atoms with Crippen molar-refractivity contribution in [3.8, 4) is 0 Å². The summed E-state index contributed by atoms with van der Waals surface area (Å²) in [5.41, 5.74) is 0. The lowest BCUT2D eigenvalue weighted by molar-refractivity contribution is -0.137. The predicted molar refractivity (Wildman–Crippen MR) is 96.2 cm³/mol. The third-order valence-electron chi connectivity index (χ3n) is 3.84. The minimum Gasteiger partial charge on any atom is -0.481 e. The zero-order valence-corrected chi connectivity index (χ0v) is 14.6. The van der Waals surface area contributed by atoms with Crippen molar-refractivity contribution in [3.63, 3.8) is 0 Å². The number of carbonyl (C=O) groups is 1. The summed E-state index contributed by atoms with van der Waals surface area (Å²) in [7, 11) is 0. The van der Waals surface area contributed by atoms with Gasteiger partial charge in [0, 0.05) is 6.42 Å². The molecule has 0 aromatic carbocycles. The van der Waals surface area contributed by atoms with E-state index in [1.54, 1.807) is 0 Å². The van der Waals surface area contributed by atoms with Crippen molar-refractivity contribution in [1.29, 1.82) is 0 Å². The molecule has 0 spiro atoms. The number of rotatable bonds is 16. The smallest absolute Gasteiger partial charge is 0.303 e. The van der Waals surface area contributed by atoms with Crippen LogP contribution in [-0.2, 0) is 4.79 Å². The second-order valence-electron chi connectivity index (χ2n) is 6.08. The molecule has 0 aliphatic rings. The van der Waals surface area contributed by atoms with Gasteiger partial charge < -0.3 is 5.11 Å². The van der Waals surface area contributed by atoms with Crippen molar-refractivity contribution in [2.24, 2.45) is 0 Å². The van der Waals surface area contributed by atoms with Gasteiger partial charge in [-0.3, -0.25) is 4.79 Å². The topological polar surface area (TPSA) is 37.3 Å². The molecule has 0 aliphatic carbocycles. The molecule has 0 rings (SSSR count). The van der Waals surface area contributed by atoms with Gasteiger partial charge in [-0.1, -0.05) is 76.2 Å². The Hall–Kier alpha value is -1.05. The summed E-state index contributed by atoms with van der Waals surface area (Å²) in [6.45, 7) is 2.26. The number of unbranched alkanes of at least 4 members (excludes halogenated alkanes) is 10. The van der Waals surface area contributed by atoms with Gasteiger partial charge in [-0.05, 0) is 38.5 Å². The fraction of sp³-hybridized carbons (Fsp3) is 0.750. The van der Waals surface area contributed by atoms with Crippen LogP contribution in [0.15, 0.2) is 24.3 Å². The Labute approximate surface area is 137 Å². The van der Waals surface area contributed by atoms with Crippen LogP contribution in [0.3, 0.4) is 0 Å². The lowest BCUT2D eigenvalue weighted by Crippen LogP contribution is -1.93. The van der Waals surface area contributed by atoms with E-state index in [0.29, 0.717) is 6.42 Å². The van der Waals surface area contributed by atoms with Gasteiger partial charge in [0.2, 0.25) is 0 Å². The molecular weight excluding hydrogens is 272 g/mol. The number of aliphatic carboxylic acids is 1. The van der Waals surface area contributed by atoms with Gasteiger partial charge in [0.15, 0.2) is 0 Å². The summed E-state index contributed by atoms with van der Waals surface area (Å²) in [5.74, 6) is -0.673. The molecule has 2 heteroatoms. The normalized spacial score (nSPS) is 11.7. The molecule has 0 unspecified atom stereocenters. The summed E-state index contributed by atoms with van der Waals surface area (Å²) in [4.78, 5) is 10.3. The average molecular weight is 309 g/mol. The van der Waals surface area contributed by atoms with Crippen LogP contribution >= 0.6 is 0 Å². The number of hydrogen-bond acceptors (Lipinski definition) is 1. The Morgan fingerprint density at radius 3 is 1.77 bits per heavy atom. The molecule has 2 nitrogen and oxygen atoms in total. The molecule has 22 heavy (non-hydrogen) atoms. The second kappa shape index (κ2) is 18.0. The number of carboxylic acids is 1. The van der Waals surface area contributed by atoms with Gasteiger partial charge in [0.1, 0.15) is 0 Å².